The van der Waals surface area contributed by atoms with Crippen LogP contribution in [0.15, 0.2) is 0 Å². The van der Waals surface area contributed by atoms with Crippen LogP contribution >= 0.6 is 0 Å². The zero-order valence-corrected chi connectivity index (χ0v) is 9.47. The Bertz CT molecular complexity index is 281. The molecule has 0 aromatic rings. The molecule has 0 bridgehead atoms. The van der Waals surface area contributed by atoms with Gasteiger partial charge in [-0.2, -0.15) is 13.2 Å². The van der Waals surface area contributed by atoms with Crippen molar-refractivity contribution in [3.8, 4) is 0 Å². The Labute approximate surface area is 96.4 Å². The summed E-state index contributed by atoms with van der Waals surface area (Å²) in [5.41, 5.74) is 0. The minimum atomic E-state index is -4.35. The van der Waals surface area contributed by atoms with Gasteiger partial charge in [-0.1, -0.05) is 6.92 Å². The third-order valence-corrected chi connectivity index (χ3v) is 1.91. The Morgan fingerprint density at radius 2 is 1.82 bits per heavy atom. The van der Waals surface area contributed by atoms with Gasteiger partial charge in [-0.25, -0.2) is 4.79 Å². The molecule has 0 spiro atoms. The number of aliphatic carboxylic acids is 1. The zero-order valence-electron chi connectivity index (χ0n) is 9.47. The molecule has 0 saturated carbocycles. The summed E-state index contributed by atoms with van der Waals surface area (Å²) in [4.78, 5) is 21.5. The Kier molecular flexibility index (Phi) is 5.77. The number of carbonyl (C=O) groups is 2. The lowest BCUT2D eigenvalue weighted by Gasteiger charge is -2.16. The summed E-state index contributed by atoms with van der Waals surface area (Å²) in [5.74, 6) is -1.88. The lowest BCUT2D eigenvalue weighted by atomic mass is 10.2. The molecule has 3 N–H and O–H groups in total. The number of carboxylic acids is 1. The number of hydrogen-bond donors (Lipinski definition) is 3. The minimum Gasteiger partial charge on any atom is -0.481 e. The number of nitrogens with one attached hydrogen (secondary N) is 2. The smallest absolute Gasteiger partial charge is 0.391 e. The number of halogens is 3. The molecule has 0 saturated heterocycles. The molecule has 8 heteroatoms. The number of alkyl halides is 3. The topological polar surface area (TPSA) is 78.4 Å². The average Bonchev–Trinajstić information content (AvgIpc) is 2.10. The molecule has 0 fully saturated rings. The number of amides is 2. The molecule has 5 nitrogen and oxygen atoms in total. The van der Waals surface area contributed by atoms with E-state index in [-0.39, 0.29) is 6.54 Å². The predicted molar refractivity (Wildman–Crippen MR) is 53.5 cm³/mol. The fourth-order valence-electron chi connectivity index (χ4n) is 1.01. The highest BCUT2D eigenvalue weighted by atomic mass is 19.4. The fraction of sp³-hybridized carbons (Fsp3) is 0.778. The number of urea groups is 1. The first-order valence-electron chi connectivity index (χ1n) is 4.95. The van der Waals surface area contributed by atoms with Crippen molar-refractivity contribution in [2.24, 2.45) is 5.92 Å². The molecule has 0 aliphatic rings. The molecule has 2 atom stereocenters. The van der Waals surface area contributed by atoms with Crippen molar-refractivity contribution in [2.75, 3.05) is 6.54 Å². The van der Waals surface area contributed by atoms with E-state index in [0.29, 0.717) is 0 Å². The molecule has 0 heterocycles. The van der Waals surface area contributed by atoms with Gasteiger partial charge in [0.15, 0.2) is 0 Å². The van der Waals surface area contributed by atoms with E-state index in [1.165, 1.54) is 13.8 Å². The fourth-order valence-corrected chi connectivity index (χ4v) is 1.01. The van der Waals surface area contributed by atoms with E-state index in [4.69, 9.17) is 5.11 Å². The summed E-state index contributed by atoms with van der Waals surface area (Å²) in [5, 5.41) is 12.8. The largest absolute Gasteiger partial charge is 0.481 e. The number of carbonyl (C=O) groups excluding carboxylic acids is 1. The summed E-state index contributed by atoms with van der Waals surface area (Å²) in [6.07, 6.45) is -5.48. The molecule has 2 unspecified atom stereocenters. The second kappa shape index (κ2) is 6.31. The molecule has 0 aromatic heterocycles. The van der Waals surface area contributed by atoms with Crippen LogP contribution in [0.2, 0.25) is 0 Å². The SMILES string of the molecule is CC(CC(F)(F)F)NC(=O)NCC(C)C(=O)O. The number of carboxylic acid groups (broad SMARTS) is 1. The van der Waals surface area contributed by atoms with Gasteiger partial charge in [0.25, 0.3) is 0 Å². The maximum Gasteiger partial charge on any atom is 0.391 e. The molecular formula is C9H15F3N2O3. The van der Waals surface area contributed by atoms with Crippen LogP contribution in [-0.4, -0.2) is 35.9 Å². The van der Waals surface area contributed by atoms with Crippen molar-refractivity contribution in [1.82, 2.24) is 10.6 Å². The Balaban J connectivity index is 3.90. The quantitative estimate of drug-likeness (QED) is 0.694. The van der Waals surface area contributed by atoms with Crippen molar-refractivity contribution < 1.29 is 27.9 Å². The summed E-state index contributed by atoms with van der Waals surface area (Å²) in [6, 6.07) is -1.87. The van der Waals surface area contributed by atoms with E-state index < -0.39 is 36.6 Å². The third-order valence-electron chi connectivity index (χ3n) is 1.91. The molecule has 17 heavy (non-hydrogen) atoms. The van der Waals surface area contributed by atoms with Gasteiger partial charge in [-0.15, -0.1) is 0 Å². The van der Waals surface area contributed by atoms with Gasteiger partial charge in [0.05, 0.1) is 12.3 Å². The van der Waals surface area contributed by atoms with Crippen LogP contribution in [0.5, 0.6) is 0 Å². The lowest BCUT2D eigenvalue weighted by Crippen LogP contribution is -2.44. The molecule has 0 aromatic carbocycles. The van der Waals surface area contributed by atoms with Crippen LogP contribution < -0.4 is 10.6 Å². The van der Waals surface area contributed by atoms with Gasteiger partial charge >= 0.3 is 18.2 Å². The van der Waals surface area contributed by atoms with Crippen LogP contribution in [0.25, 0.3) is 0 Å². The van der Waals surface area contributed by atoms with E-state index in [2.05, 4.69) is 10.6 Å². The molecule has 2 amide bonds. The first-order valence-corrected chi connectivity index (χ1v) is 4.95. The van der Waals surface area contributed by atoms with Gasteiger partial charge in [0.1, 0.15) is 0 Å². The van der Waals surface area contributed by atoms with Crippen LogP contribution in [0, 0.1) is 5.92 Å². The standard InChI is InChI=1S/C9H15F3N2O3/c1-5(7(15)16)4-13-8(17)14-6(2)3-9(10,11)12/h5-6H,3-4H2,1-2H3,(H,15,16)(H2,13,14,17). The van der Waals surface area contributed by atoms with Crippen LogP contribution in [0.4, 0.5) is 18.0 Å². The first kappa shape index (κ1) is 15.5. The second-order valence-corrected chi connectivity index (χ2v) is 3.81. The van der Waals surface area contributed by atoms with E-state index in [1.807, 2.05) is 0 Å². The Hall–Kier alpha value is -1.47. The van der Waals surface area contributed by atoms with E-state index >= 15 is 0 Å². The molecule has 0 aliphatic carbocycles. The van der Waals surface area contributed by atoms with Crippen molar-refractivity contribution in [3.05, 3.63) is 0 Å². The average molecular weight is 256 g/mol. The van der Waals surface area contributed by atoms with E-state index in [0.717, 1.165) is 0 Å². The summed E-state index contributed by atoms with van der Waals surface area (Å²) in [6.45, 7) is 2.45. The number of hydrogen-bond acceptors (Lipinski definition) is 2. The molecule has 0 radical (unpaired) electrons. The third kappa shape index (κ3) is 8.35. The number of rotatable bonds is 5. The second-order valence-electron chi connectivity index (χ2n) is 3.81. The van der Waals surface area contributed by atoms with Gasteiger partial charge in [-0.05, 0) is 6.92 Å². The maximum atomic E-state index is 11.9. The molecule has 100 valence electrons. The summed E-state index contributed by atoms with van der Waals surface area (Å²) >= 11 is 0. The molecular weight excluding hydrogens is 241 g/mol. The maximum absolute atomic E-state index is 11.9. The highest BCUT2D eigenvalue weighted by Crippen LogP contribution is 2.21. The molecule has 0 aliphatic heterocycles. The summed E-state index contributed by atoms with van der Waals surface area (Å²) < 4.78 is 35.8. The zero-order chi connectivity index (χ0) is 13.6. The van der Waals surface area contributed by atoms with Crippen molar-refractivity contribution >= 4 is 12.0 Å². The first-order chi connectivity index (χ1) is 7.61. The van der Waals surface area contributed by atoms with Crippen molar-refractivity contribution in [2.45, 2.75) is 32.5 Å². The highest BCUT2D eigenvalue weighted by molar-refractivity contribution is 5.75. The van der Waals surface area contributed by atoms with Crippen LogP contribution in [0.3, 0.4) is 0 Å². The Morgan fingerprint density at radius 1 is 1.29 bits per heavy atom. The van der Waals surface area contributed by atoms with E-state index in [9.17, 15) is 22.8 Å². The lowest BCUT2D eigenvalue weighted by molar-refractivity contribution is -0.141. The van der Waals surface area contributed by atoms with E-state index in [1.54, 1.807) is 0 Å². The van der Waals surface area contributed by atoms with Crippen molar-refractivity contribution in [1.29, 1.82) is 0 Å². The Morgan fingerprint density at radius 3 is 2.24 bits per heavy atom. The van der Waals surface area contributed by atoms with Crippen LogP contribution in [0.1, 0.15) is 20.3 Å². The van der Waals surface area contributed by atoms with Gasteiger partial charge in [0.2, 0.25) is 0 Å². The minimum absolute atomic E-state index is 0.139. The predicted octanol–water partition coefficient (Wildman–Crippen LogP) is 1.35. The highest BCUT2D eigenvalue weighted by Gasteiger charge is 2.30. The van der Waals surface area contributed by atoms with Gasteiger partial charge in [-0.3, -0.25) is 4.79 Å². The normalized spacial score (nSPS) is 14.9. The van der Waals surface area contributed by atoms with Gasteiger partial charge in [0, 0.05) is 12.6 Å². The monoisotopic (exact) mass is 256 g/mol. The van der Waals surface area contributed by atoms with Crippen LogP contribution in [-0.2, 0) is 4.79 Å². The summed E-state index contributed by atoms with van der Waals surface area (Å²) in [7, 11) is 0. The van der Waals surface area contributed by atoms with Gasteiger partial charge < -0.3 is 15.7 Å². The molecule has 0 rings (SSSR count). The van der Waals surface area contributed by atoms with Crippen molar-refractivity contribution in [3.63, 3.8) is 0 Å².